The standard InChI is InChI=1S/C16H19F3N5/c1-22(2)10-13(11-23(3)4)24-15(16(17,18)19)8-14(21-24)12-6-5-7-20-9-12/h5-11H,1-4H3/q+1. The van der Waals surface area contributed by atoms with E-state index in [2.05, 4.69) is 10.1 Å². The van der Waals surface area contributed by atoms with Gasteiger partial charge in [-0.3, -0.25) is 4.98 Å². The summed E-state index contributed by atoms with van der Waals surface area (Å²) in [5.74, 6) is 0. The number of pyridine rings is 1. The van der Waals surface area contributed by atoms with Gasteiger partial charge < -0.3 is 4.90 Å². The van der Waals surface area contributed by atoms with E-state index in [4.69, 9.17) is 0 Å². The summed E-state index contributed by atoms with van der Waals surface area (Å²) >= 11 is 0. The Hall–Kier alpha value is -2.64. The van der Waals surface area contributed by atoms with Gasteiger partial charge in [0.15, 0.2) is 6.21 Å². The molecule has 2 aromatic heterocycles. The van der Waals surface area contributed by atoms with Crippen LogP contribution in [0.25, 0.3) is 17.0 Å². The first-order valence-electron chi connectivity index (χ1n) is 7.16. The number of allylic oxidation sites excluding steroid dienone is 1. The second kappa shape index (κ2) is 6.86. The van der Waals surface area contributed by atoms with Crippen LogP contribution in [0, 0.1) is 0 Å². The Labute approximate surface area is 138 Å². The third-order valence-electron chi connectivity index (χ3n) is 2.98. The normalized spacial score (nSPS) is 12.2. The molecule has 0 bridgehead atoms. The zero-order valence-corrected chi connectivity index (χ0v) is 13.9. The monoisotopic (exact) mass is 338 g/mol. The Morgan fingerprint density at radius 2 is 2.00 bits per heavy atom. The molecular formula is C16H19F3N5+. The van der Waals surface area contributed by atoms with Gasteiger partial charge in [-0.15, -0.1) is 0 Å². The summed E-state index contributed by atoms with van der Waals surface area (Å²) in [5.41, 5.74) is 0.197. The van der Waals surface area contributed by atoms with Gasteiger partial charge in [0.25, 0.3) is 0 Å². The summed E-state index contributed by atoms with van der Waals surface area (Å²) in [5, 5.41) is 4.16. The maximum atomic E-state index is 13.5. The van der Waals surface area contributed by atoms with Gasteiger partial charge in [-0.1, -0.05) is 0 Å². The third-order valence-corrected chi connectivity index (χ3v) is 2.98. The van der Waals surface area contributed by atoms with Gasteiger partial charge in [-0.25, -0.2) is 9.26 Å². The Morgan fingerprint density at radius 1 is 1.29 bits per heavy atom. The lowest BCUT2D eigenvalue weighted by molar-refractivity contribution is -0.458. The van der Waals surface area contributed by atoms with Crippen molar-refractivity contribution in [1.82, 2.24) is 19.7 Å². The van der Waals surface area contributed by atoms with E-state index < -0.39 is 11.9 Å². The molecule has 8 heteroatoms. The molecule has 128 valence electrons. The molecule has 24 heavy (non-hydrogen) atoms. The molecule has 0 N–H and O–H groups in total. The largest absolute Gasteiger partial charge is 0.433 e. The number of hydrogen-bond donors (Lipinski definition) is 0. The predicted molar refractivity (Wildman–Crippen MR) is 86.6 cm³/mol. The van der Waals surface area contributed by atoms with E-state index in [1.54, 1.807) is 68.4 Å². The molecule has 5 nitrogen and oxygen atoms in total. The van der Waals surface area contributed by atoms with E-state index in [1.165, 1.54) is 6.20 Å². The predicted octanol–water partition coefficient (Wildman–Crippen LogP) is 2.67. The molecule has 2 rings (SSSR count). The highest BCUT2D eigenvalue weighted by atomic mass is 19.4. The molecule has 0 aliphatic rings. The summed E-state index contributed by atoms with van der Waals surface area (Å²) in [4.78, 5) is 5.60. The molecule has 0 radical (unpaired) electrons. The SMILES string of the molecule is CN(C)C=C(C=[N+](C)C)n1nc(-c2cccnc2)cc1C(F)(F)F. The van der Waals surface area contributed by atoms with Crippen LogP contribution >= 0.6 is 0 Å². The van der Waals surface area contributed by atoms with Crippen molar-refractivity contribution in [3.8, 4) is 11.3 Å². The molecular weight excluding hydrogens is 319 g/mol. The molecule has 0 aliphatic heterocycles. The van der Waals surface area contributed by atoms with Crippen molar-refractivity contribution in [2.24, 2.45) is 0 Å². The highest BCUT2D eigenvalue weighted by molar-refractivity contribution is 5.99. The summed E-state index contributed by atoms with van der Waals surface area (Å²) < 4.78 is 43.0. The van der Waals surface area contributed by atoms with Gasteiger partial charge in [0.1, 0.15) is 25.5 Å². The molecule has 0 fully saturated rings. The lowest BCUT2D eigenvalue weighted by atomic mass is 10.2. The van der Waals surface area contributed by atoms with Crippen molar-refractivity contribution < 1.29 is 17.7 Å². The zero-order valence-electron chi connectivity index (χ0n) is 13.9. The van der Waals surface area contributed by atoms with Gasteiger partial charge in [0.05, 0.1) is 5.69 Å². The number of nitrogens with zero attached hydrogens (tertiary/aromatic N) is 5. The Kier molecular flexibility index (Phi) is 5.06. The fourth-order valence-electron chi connectivity index (χ4n) is 2.11. The summed E-state index contributed by atoms with van der Waals surface area (Å²) in [6.07, 6.45) is 1.67. The van der Waals surface area contributed by atoms with Crippen LogP contribution in [0.5, 0.6) is 0 Å². The average Bonchev–Trinajstić information content (AvgIpc) is 2.92. The minimum absolute atomic E-state index is 0.215. The van der Waals surface area contributed by atoms with Crippen molar-refractivity contribution in [2.45, 2.75) is 6.18 Å². The van der Waals surface area contributed by atoms with E-state index in [0.717, 1.165) is 10.7 Å². The van der Waals surface area contributed by atoms with Crippen LogP contribution in [0.2, 0.25) is 0 Å². The molecule has 0 atom stereocenters. The summed E-state index contributed by atoms with van der Waals surface area (Å²) in [6.45, 7) is 0. The molecule has 0 spiro atoms. The highest BCUT2D eigenvalue weighted by Crippen LogP contribution is 2.33. The number of rotatable bonds is 4. The molecule has 0 saturated heterocycles. The van der Waals surface area contributed by atoms with Crippen LogP contribution < -0.4 is 0 Å². The maximum Gasteiger partial charge on any atom is 0.433 e. The molecule has 0 unspecified atom stereocenters. The number of aromatic nitrogens is 3. The van der Waals surface area contributed by atoms with E-state index in [9.17, 15) is 13.2 Å². The van der Waals surface area contributed by atoms with Crippen LogP contribution in [-0.4, -0.2) is 58.6 Å². The zero-order chi connectivity index (χ0) is 17.9. The van der Waals surface area contributed by atoms with Gasteiger partial charge in [0, 0.05) is 38.3 Å². The second-order valence-electron chi connectivity index (χ2n) is 5.68. The van der Waals surface area contributed by atoms with Crippen molar-refractivity contribution in [3.63, 3.8) is 0 Å². The van der Waals surface area contributed by atoms with Crippen LogP contribution in [0.1, 0.15) is 5.69 Å². The first-order chi connectivity index (χ1) is 11.2. The van der Waals surface area contributed by atoms with E-state index in [1.807, 2.05) is 0 Å². The lowest BCUT2D eigenvalue weighted by Crippen LogP contribution is -2.18. The average molecular weight is 338 g/mol. The third kappa shape index (κ3) is 4.21. The van der Waals surface area contributed by atoms with Crippen LogP contribution in [0.15, 0.2) is 36.8 Å². The molecule has 0 amide bonds. The quantitative estimate of drug-likeness (QED) is 0.635. The highest BCUT2D eigenvalue weighted by Gasteiger charge is 2.37. The van der Waals surface area contributed by atoms with E-state index >= 15 is 0 Å². The van der Waals surface area contributed by atoms with Crippen molar-refractivity contribution >= 4 is 11.9 Å². The van der Waals surface area contributed by atoms with Crippen LogP contribution in [0.3, 0.4) is 0 Å². The molecule has 0 aromatic carbocycles. The number of halogens is 3. The Morgan fingerprint density at radius 3 is 2.50 bits per heavy atom. The van der Waals surface area contributed by atoms with Gasteiger partial charge in [0.2, 0.25) is 0 Å². The first-order valence-corrected chi connectivity index (χ1v) is 7.16. The Balaban J connectivity index is 2.67. The second-order valence-corrected chi connectivity index (χ2v) is 5.68. The summed E-state index contributed by atoms with van der Waals surface area (Å²) in [6, 6.07) is 4.36. The number of alkyl halides is 3. The fourth-order valence-corrected chi connectivity index (χ4v) is 2.11. The lowest BCUT2D eigenvalue weighted by Gasteiger charge is -2.12. The van der Waals surface area contributed by atoms with E-state index in [-0.39, 0.29) is 5.69 Å². The van der Waals surface area contributed by atoms with Gasteiger partial charge in [-0.2, -0.15) is 18.3 Å². The maximum absolute atomic E-state index is 13.5. The van der Waals surface area contributed by atoms with E-state index in [0.29, 0.717) is 11.3 Å². The molecule has 0 saturated carbocycles. The first kappa shape index (κ1) is 17.7. The van der Waals surface area contributed by atoms with Crippen molar-refractivity contribution in [2.75, 3.05) is 28.2 Å². The van der Waals surface area contributed by atoms with Crippen LogP contribution in [-0.2, 0) is 6.18 Å². The van der Waals surface area contributed by atoms with Crippen molar-refractivity contribution in [1.29, 1.82) is 0 Å². The molecule has 0 aliphatic carbocycles. The summed E-state index contributed by atoms with van der Waals surface area (Å²) in [7, 11) is 6.95. The molecule has 2 heterocycles. The van der Waals surface area contributed by atoms with Crippen molar-refractivity contribution in [3.05, 3.63) is 42.5 Å². The smallest absolute Gasteiger partial charge is 0.382 e. The molecule has 2 aromatic rings. The number of hydrogen-bond acceptors (Lipinski definition) is 3. The van der Waals surface area contributed by atoms with Gasteiger partial charge in [-0.05, 0) is 18.2 Å². The fraction of sp³-hybridized carbons (Fsp3) is 0.312. The minimum atomic E-state index is -4.53. The Bertz CT molecular complexity index is 754. The topological polar surface area (TPSA) is 37.0 Å². The van der Waals surface area contributed by atoms with Crippen LogP contribution in [0.4, 0.5) is 13.2 Å². The minimum Gasteiger partial charge on any atom is -0.382 e. The van der Waals surface area contributed by atoms with Gasteiger partial charge >= 0.3 is 6.18 Å².